The number of aliphatic hydroxyl groups excluding tert-OH is 1. The third-order valence-electron chi connectivity index (χ3n) is 3.57. The van der Waals surface area contributed by atoms with Crippen molar-refractivity contribution in [2.75, 3.05) is 6.54 Å². The molecular weight excluding hydrogens is 180 g/mol. The van der Waals surface area contributed by atoms with Gasteiger partial charge in [-0.15, -0.1) is 0 Å². The Balaban J connectivity index is 2.14. The lowest BCUT2D eigenvalue weighted by Crippen LogP contribution is -2.57. The molecule has 0 radical (unpaired) electrons. The number of aliphatic hydroxyl groups is 1. The van der Waals surface area contributed by atoms with Crippen LogP contribution in [0.4, 0.5) is 4.79 Å². The second kappa shape index (κ2) is 3.77. The van der Waals surface area contributed by atoms with Crippen LogP contribution < -0.4 is 5.73 Å². The van der Waals surface area contributed by atoms with E-state index >= 15 is 0 Å². The average Bonchev–Trinajstić information content (AvgIpc) is 2.17. The number of urea groups is 1. The van der Waals surface area contributed by atoms with Crippen molar-refractivity contribution in [3.63, 3.8) is 0 Å². The second-order valence-corrected chi connectivity index (χ2v) is 4.42. The van der Waals surface area contributed by atoms with Crippen LogP contribution in [0, 0.1) is 5.92 Å². The Morgan fingerprint density at radius 2 is 2.00 bits per heavy atom. The maximum Gasteiger partial charge on any atom is 0.315 e. The zero-order valence-electron chi connectivity index (χ0n) is 8.35. The molecule has 1 saturated carbocycles. The summed E-state index contributed by atoms with van der Waals surface area (Å²) in [5, 5.41) is 9.87. The Morgan fingerprint density at radius 1 is 1.29 bits per heavy atom. The van der Waals surface area contributed by atoms with Gasteiger partial charge >= 0.3 is 6.03 Å². The van der Waals surface area contributed by atoms with E-state index < -0.39 is 0 Å². The van der Waals surface area contributed by atoms with Crippen molar-refractivity contribution in [2.24, 2.45) is 11.7 Å². The van der Waals surface area contributed by atoms with E-state index in [0.717, 1.165) is 32.1 Å². The first-order valence-corrected chi connectivity index (χ1v) is 5.44. The molecule has 1 aliphatic heterocycles. The van der Waals surface area contributed by atoms with E-state index in [4.69, 9.17) is 5.73 Å². The van der Waals surface area contributed by atoms with E-state index in [1.54, 1.807) is 4.90 Å². The number of nitrogens with two attached hydrogens (primary N) is 1. The van der Waals surface area contributed by atoms with Crippen LogP contribution >= 0.6 is 0 Å². The van der Waals surface area contributed by atoms with Gasteiger partial charge in [0.2, 0.25) is 0 Å². The Bertz CT molecular complexity index is 230. The number of hydrogen-bond donors (Lipinski definition) is 2. The van der Waals surface area contributed by atoms with Crippen LogP contribution in [0.5, 0.6) is 0 Å². The Morgan fingerprint density at radius 3 is 2.71 bits per heavy atom. The highest BCUT2D eigenvalue weighted by atomic mass is 16.3. The van der Waals surface area contributed by atoms with Crippen LogP contribution in [0.1, 0.15) is 32.1 Å². The largest absolute Gasteiger partial charge is 0.391 e. The average molecular weight is 198 g/mol. The summed E-state index contributed by atoms with van der Waals surface area (Å²) in [7, 11) is 0. The first-order valence-electron chi connectivity index (χ1n) is 5.44. The highest BCUT2D eigenvalue weighted by molar-refractivity contribution is 5.72. The SMILES string of the molecule is NC(=O)N1CCC[C@H]2CCC[C@@H](O)[C@H]21. The molecule has 1 saturated heterocycles. The summed E-state index contributed by atoms with van der Waals surface area (Å²) in [5.74, 6) is 0.472. The summed E-state index contributed by atoms with van der Waals surface area (Å²) in [6.45, 7) is 0.716. The minimum atomic E-state index is -0.374. The van der Waals surface area contributed by atoms with Gasteiger partial charge in [-0.1, -0.05) is 6.42 Å². The molecule has 1 aliphatic carbocycles. The maximum absolute atomic E-state index is 11.2. The van der Waals surface area contributed by atoms with Crippen molar-refractivity contribution in [1.82, 2.24) is 4.90 Å². The zero-order chi connectivity index (χ0) is 10.1. The molecule has 1 heterocycles. The lowest BCUT2D eigenvalue weighted by molar-refractivity contribution is -0.0148. The standard InChI is InChI=1S/C10H18N2O2/c11-10(14)12-6-2-4-7-3-1-5-8(13)9(7)12/h7-9,13H,1-6H2,(H2,11,14)/t7-,8-,9+/m1/s1. The predicted molar refractivity (Wildman–Crippen MR) is 52.7 cm³/mol. The molecule has 4 heteroatoms. The topological polar surface area (TPSA) is 66.6 Å². The molecule has 0 unspecified atom stereocenters. The fraction of sp³-hybridized carbons (Fsp3) is 0.900. The molecule has 0 spiro atoms. The third-order valence-corrected chi connectivity index (χ3v) is 3.57. The molecule has 0 aromatic rings. The summed E-state index contributed by atoms with van der Waals surface area (Å²) in [5.41, 5.74) is 5.31. The number of fused-ring (bicyclic) bond motifs is 1. The normalized spacial score (nSPS) is 37.8. The second-order valence-electron chi connectivity index (χ2n) is 4.42. The molecule has 2 rings (SSSR count). The first kappa shape index (κ1) is 9.77. The summed E-state index contributed by atoms with van der Waals surface area (Å²) in [6, 6.07) is -0.379. The summed E-state index contributed by atoms with van der Waals surface area (Å²) >= 11 is 0. The molecule has 80 valence electrons. The molecule has 0 aromatic heterocycles. The zero-order valence-corrected chi connectivity index (χ0v) is 8.35. The summed E-state index contributed by atoms with van der Waals surface area (Å²) in [6.07, 6.45) is 4.81. The molecule has 3 atom stereocenters. The number of carbonyl (C=O) groups excluding carboxylic acids is 1. The number of hydrogen-bond acceptors (Lipinski definition) is 2. The number of amides is 2. The first-order chi connectivity index (χ1) is 6.70. The highest BCUT2D eigenvalue weighted by Gasteiger charge is 2.40. The number of likely N-dealkylation sites (tertiary alicyclic amines) is 1. The number of piperidine rings is 1. The number of primary amides is 1. The lowest BCUT2D eigenvalue weighted by atomic mass is 9.77. The van der Waals surface area contributed by atoms with Crippen LogP contribution in [0.2, 0.25) is 0 Å². The van der Waals surface area contributed by atoms with E-state index in [0.29, 0.717) is 12.5 Å². The van der Waals surface area contributed by atoms with Gasteiger partial charge in [0.05, 0.1) is 12.1 Å². The van der Waals surface area contributed by atoms with Crippen LogP contribution in [0.15, 0.2) is 0 Å². The maximum atomic E-state index is 11.2. The van der Waals surface area contributed by atoms with Gasteiger partial charge in [0.15, 0.2) is 0 Å². The smallest absolute Gasteiger partial charge is 0.315 e. The molecule has 0 aromatic carbocycles. The van der Waals surface area contributed by atoms with Crippen LogP contribution in [-0.2, 0) is 0 Å². The van der Waals surface area contributed by atoms with Crippen molar-refractivity contribution in [3.8, 4) is 0 Å². The molecule has 2 amide bonds. The van der Waals surface area contributed by atoms with Crippen molar-refractivity contribution < 1.29 is 9.90 Å². The molecule has 4 nitrogen and oxygen atoms in total. The Labute approximate surface area is 84.1 Å². The van der Waals surface area contributed by atoms with Crippen molar-refractivity contribution in [2.45, 2.75) is 44.2 Å². The molecule has 2 aliphatic rings. The summed E-state index contributed by atoms with van der Waals surface area (Å²) in [4.78, 5) is 12.9. The Hall–Kier alpha value is -0.770. The minimum Gasteiger partial charge on any atom is -0.391 e. The highest BCUT2D eigenvalue weighted by Crippen LogP contribution is 2.35. The van der Waals surface area contributed by atoms with Gasteiger partial charge in [-0.3, -0.25) is 0 Å². The van der Waals surface area contributed by atoms with Crippen molar-refractivity contribution in [1.29, 1.82) is 0 Å². The van der Waals surface area contributed by atoms with Crippen molar-refractivity contribution in [3.05, 3.63) is 0 Å². The van der Waals surface area contributed by atoms with Crippen molar-refractivity contribution >= 4 is 6.03 Å². The van der Waals surface area contributed by atoms with E-state index in [-0.39, 0.29) is 18.2 Å². The monoisotopic (exact) mass is 198 g/mol. The molecule has 3 N–H and O–H groups in total. The van der Waals surface area contributed by atoms with Gasteiger partial charge in [-0.05, 0) is 31.6 Å². The van der Waals surface area contributed by atoms with Gasteiger partial charge in [-0.25, -0.2) is 4.79 Å². The quantitative estimate of drug-likeness (QED) is 0.601. The molecule has 0 bridgehead atoms. The number of rotatable bonds is 0. The minimum absolute atomic E-state index is 0.00463. The predicted octanol–water partition coefficient (Wildman–Crippen LogP) is 0.690. The van der Waals surface area contributed by atoms with Gasteiger partial charge in [-0.2, -0.15) is 0 Å². The van der Waals surface area contributed by atoms with Gasteiger partial charge < -0.3 is 15.7 Å². The molecule has 14 heavy (non-hydrogen) atoms. The van der Waals surface area contributed by atoms with Gasteiger partial charge in [0, 0.05) is 6.54 Å². The van der Waals surface area contributed by atoms with E-state index in [9.17, 15) is 9.90 Å². The fourth-order valence-corrected chi connectivity index (χ4v) is 2.95. The van der Waals surface area contributed by atoms with Gasteiger partial charge in [0.25, 0.3) is 0 Å². The fourth-order valence-electron chi connectivity index (χ4n) is 2.95. The lowest BCUT2D eigenvalue weighted by Gasteiger charge is -2.45. The van der Waals surface area contributed by atoms with Crippen LogP contribution in [0.3, 0.4) is 0 Å². The number of carbonyl (C=O) groups is 1. The van der Waals surface area contributed by atoms with E-state index in [2.05, 4.69) is 0 Å². The Kier molecular flexibility index (Phi) is 2.63. The third kappa shape index (κ3) is 1.59. The summed E-state index contributed by atoms with van der Waals surface area (Å²) < 4.78 is 0. The van der Waals surface area contributed by atoms with Crippen LogP contribution in [-0.4, -0.2) is 34.7 Å². The molecule has 2 fully saturated rings. The van der Waals surface area contributed by atoms with E-state index in [1.165, 1.54) is 0 Å². The van der Waals surface area contributed by atoms with E-state index in [1.807, 2.05) is 0 Å². The molecular formula is C10H18N2O2. The number of nitrogens with zero attached hydrogens (tertiary/aromatic N) is 1. The van der Waals surface area contributed by atoms with Gasteiger partial charge in [0.1, 0.15) is 0 Å². The van der Waals surface area contributed by atoms with Crippen LogP contribution in [0.25, 0.3) is 0 Å².